The molecule has 0 spiro atoms. The van der Waals surface area contributed by atoms with Gasteiger partial charge in [-0.05, 0) is 39.7 Å². The smallest absolute Gasteiger partial charge is 0.291 e. The van der Waals surface area contributed by atoms with Crippen molar-refractivity contribution in [3.63, 3.8) is 0 Å². The van der Waals surface area contributed by atoms with Gasteiger partial charge in [-0.25, -0.2) is 9.97 Å². The Hall–Kier alpha value is -1.73. The van der Waals surface area contributed by atoms with Crippen molar-refractivity contribution in [1.29, 1.82) is 0 Å². The summed E-state index contributed by atoms with van der Waals surface area (Å²) in [5, 5.41) is 3.46. The first kappa shape index (κ1) is 18.1. The third kappa shape index (κ3) is 3.93. The van der Waals surface area contributed by atoms with Gasteiger partial charge in [-0.15, -0.1) is 0 Å². The fraction of sp³-hybridized carbons (Fsp3) is 0.722. The van der Waals surface area contributed by atoms with Crippen LogP contribution in [-0.2, 0) is 0 Å². The summed E-state index contributed by atoms with van der Waals surface area (Å²) in [6, 6.07) is 0.690. The van der Waals surface area contributed by atoms with Crippen molar-refractivity contribution in [2.45, 2.75) is 52.1 Å². The summed E-state index contributed by atoms with van der Waals surface area (Å²) < 4.78 is 0. The largest absolute Gasteiger partial charge is 0.355 e. The molecule has 3 rings (SSSR count). The zero-order valence-electron chi connectivity index (χ0n) is 15.6. The van der Waals surface area contributed by atoms with Crippen molar-refractivity contribution in [2.24, 2.45) is 5.73 Å². The van der Waals surface area contributed by atoms with E-state index in [-0.39, 0.29) is 11.9 Å². The maximum Gasteiger partial charge on any atom is 0.291 e. The number of anilines is 1. The number of carbonyl (C=O) groups is 1. The van der Waals surface area contributed by atoms with E-state index in [1.165, 1.54) is 0 Å². The van der Waals surface area contributed by atoms with Crippen LogP contribution in [0.2, 0.25) is 0 Å². The van der Waals surface area contributed by atoms with Gasteiger partial charge in [-0.1, -0.05) is 6.92 Å². The molecule has 0 bridgehead atoms. The molecule has 25 heavy (non-hydrogen) atoms. The number of aromatic nitrogens is 2. The number of aryl methyl sites for hydroxylation is 1. The van der Waals surface area contributed by atoms with Gasteiger partial charge in [0.15, 0.2) is 0 Å². The van der Waals surface area contributed by atoms with E-state index < -0.39 is 0 Å². The van der Waals surface area contributed by atoms with Crippen molar-refractivity contribution in [1.82, 2.24) is 20.2 Å². The Morgan fingerprint density at radius 2 is 1.92 bits per heavy atom. The van der Waals surface area contributed by atoms with Crippen LogP contribution < -0.4 is 16.0 Å². The lowest BCUT2D eigenvalue weighted by Gasteiger charge is -2.32. The number of piperidine rings is 1. The minimum atomic E-state index is -0.0530. The molecule has 0 aromatic carbocycles. The van der Waals surface area contributed by atoms with Crippen LogP contribution in [-0.4, -0.2) is 65.6 Å². The predicted octanol–water partition coefficient (Wildman–Crippen LogP) is 0.845. The first-order valence-corrected chi connectivity index (χ1v) is 9.38. The second-order valence-corrected chi connectivity index (χ2v) is 7.20. The van der Waals surface area contributed by atoms with Gasteiger partial charge in [0.1, 0.15) is 5.82 Å². The fourth-order valence-corrected chi connectivity index (χ4v) is 3.71. The minimum Gasteiger partial charge on any atom is -0.355 e. The Kier molecular flexibility index (Phi) is 5.54. The second kappa shape index (κ2) is 7.66. The molecule has 2 fully saturated rings. The molecule has 1 aromatic heterocycles. The fourth-order valence-electron chi connectivity index (χ4n) is 3.71. The number of rotatable bonds is 4. The molecule has 0 unspecified atom stereocenters. The first-order chi connectivity index (χ1) is 12.0. The summed E-state index contributed by atoms with van der Waals surface area (Å²) in [6.07, 6.45) is 2.93. The Bertz CT molecular complexity index is 626. The lowest BCUT2D eigenvalue weighted by Crippen LogP contribution is -2.45. The van der Waals surface area contributed by atoms with Gasteiger partial charge < -0.3 is 20.9 Å². The number of nitrogens with zero attached hydrogens (tertiary/aromatic N) is 4. The highest BCUT2D eigenvalue weighted by molar-refractivity contribution is 5.91. The van der Waals surface area contributed by atoms with Crippen LogP contribution in [0, 0.1) is 13.8 Å². The minimum absolute atomic E-state index is 0.0530. The molecule has 2 saturated heterocycles. The molecule has 2 aliphatic rings. The summed E-state index contributed by atoms with van der Waals surface area (Å²) in [7, 11) is 0. The number of carbonyl (C=O) groups excluding carboxylic acids is 1. The van der Waals surface area contributed by atoms with Gasteiger partial charge >= 0.3 is 0 Å². The summed E-state index contributed by atoms with van der Waals surface area (Å²) >= 11 is 0. The maximum atomic E-state index is 12.9. The van der Waals surface area contributed by atoms with E-state index in [0.29, 0.717) is 11.9 Å². The molecule has 1 atom stereocenters. The van der Waals surface area contributed by atoms with E-state index in [4.69, 9.17) is 5.73 Å². The highest BCUT2D eigenvalue weighted by Gasteiger charge is 2.28. The van der Waals surface area contributed by atoms with Crippen molar-refractivity contribution < 1.29 is 4.79 Å². The van der Waals surface area contributed by atoms with Crippen LogP contribution in [0.5, 0.6) is 0 Å². The molecular formula is C18H30N6O. The van der Waals surface area contributed by atoms with Crippen LogP contribution in [0.3, 0.4) is 0 Å². The molecule has 1 aromatic rings. The third-order valence-corrected chi connectivity index (χ3v) is 5.35. The van der Waals surface area contributed by atoms with Crippen molar-refractivity contribution in [3.05, 3.63) is 17.1 Å². The molecule has 0 aliphatic carbocycles. The average molecular weight is 346 g/mol. The van der Waals surface area contributed by atoms with E-state index in [1.54, 1.807) is 0 Å². The summed E-state index contributed by atoms with van der Waals surface area (Å²) in [5.41, 5.74) is 7.95. The zero-order chi connectivity index (χ0) is 18.0. The van der Waals surface area contributed by atoms with Crippen LogP contribution in [0.25, 0.3) is 0 Å². The second-order valence-electron chi connectivity index (χ2n) is 7.20. The quantitative estimate of drug-likeness (QED) is 0.840. The molecule has 7 heteroatoms. The van der Waals surface area contributed by atoms with Crippen molar-refractivity contribution in [3.8, 4) is 0 Å². The van der Waals surface area contributed by atoms with Gasteiger partial charge in [0, 0.05) is 49.5 Å². The number of nitrogens with two attached hydrogens (primary N) is 1. The molecule has 3 N–H and O–H groups in total. The highest BCUT2D eigenvalue weighted by atomic mass is 16.2. The molecule has 138 valence electrons. The number of hydrogen-bond donors (Lipinski definition) is 2. The van der Waals surface area contributed by atoms with Gasteiger partial charge in [-0.3, -0.25) is 4.79 Å². The average Bonchev–Trinajstić information content (AvgIpc) is 3.04. The number of amides is 1. The van der Waals surface area contributed by atoms with Crippen molar-refractivity contribution in [2.75, 3.05) is 37.6 Å². The van der Waals surface area contributed by atoms with E-state index in [9.17, 15) is 4.79 Å². The number of hydrogen-bond acceptors (Lipinski definition) is 6. The van der Waals surface area contributed by atoms with Crippen LogP contribution >= 0.6 is 0 Å². The Morgan fingerprint density at radius 1 is 1.20 bits per heavy atom. The molecule has 0 radical (unpaired) electrons. The molecule has 2 aliphatic heterocycles. The Labute approximate surface area is 150 Å². The van der Waals surface area contributed by atoms with Crippen molar-refractivity contribution >= 4 is 11.7 Å². The maximum absolute atomic E-state index is 12.9. The van der Waals surface area contributed by atoms with Crippen LogP contribution in [0.15, 0.2) is 0 Å². The lowest BCUT2D eigenvalue weighted by atomic mass is 10.0. The predicted molar refractivity (Wildman–Crippen MR) is 98.9 cm³/mol. The van der Waals surface area contributed by atoms with E-state index in [1.807, 2.05) is 18.7 Å². The summed E-state index contributed by atoms with van der Waals surface area (Å²) in [6.45, 7) is 10.3. The topological polar surface area (TPSA) is 87.4 Å². The lowest BCUT2D eigenvalue weighted by molar-refractivity contribution is 0.0693. The third-order valence-electron chi connectivity index (χ3n) is 5.35. The van der Waals surface area contributed by atoms with E-state index >= 15 is 0 Å². The molecular weight excluding hydrogens is 316 g/mol. The van der Waals surface area contributed by atoms with Gasteiger partial charge in [0.25, 0.3) is 5.91 Å². The number of nitrogens with one attached hydrogen (secondary N) is 1. The van der Waals surface area contributed by atoms with Crippen LogP contribution in [0.1, 0.15) is 48.1 Å². The standard InChI is InChI=1S/C18H30N6O/c1-4-20-15-6-9-23(10-7-15)18(25)16-21-13(3)12(2)17(22-16)24-8-5-14(19)11-24/h14-15,20H,4-11,19H2,1-3H3/t14-/m1/s1. The van der Waals surface area contributed by atoms with E-state index in [2.05, 4.69) is 27.1 Å². The monoisotopic (exact) mass is 346 g/mol. The summed E-state index contributed by atoms with van der Waals surface area (Å²) in [4.78, 5) is 26.1. The summed E-state index contributed by atoms with van der Waals surface area (Å²) in [5.74, 6) is 1.13. The van der Waals surface area contributed by atoms with Gasteiger partial charge in [0.2, 0.25) is 5.82 Å². The first-order valence-electron chi connectivity index (χ1n) is 9.38. The van der Waals surface area contributed by atoms with Gasteiger partial charge in [-0.2, -0.15) is 0 Å². The number of likely N-dealkylation sites (tertiary alicyclic amines) is 1. The Morgan fingerprint density at radius 3 is 2.52 bits per heavy atom. The molecule has 3 heterocycles. The molecule has 1 amide bonds. The SMILES string of the molecule is CCNC1CCN(C(=O)c2nc(C)c(C)c(N3CC[C@@H](N)C3)n2)CC1. The van der Waals surface area contributed by atoms with E-state index in [0.717, 1.165) is 69.1 Å². The Balaban J connectivity index is 1.76. The van der Waals surface area contributed by atoms with Gasteiger partial charge in [0.05, 0.1) is 0 Å². The normalized spacial score (nSPS) is 21.8. The molecule has 0 saturated carbocycles. The highest BCUT2D eigenvalue weighted by Crippen LogP contribution is 2.24. The zero-order valence-corrected chi connectivity index (χ0v) is 15.6. The van der Waals surface area contributed by atoms with Crippen LogP contribution in [0.4, 0.5) is 5.82 Å². The molecule has 7 nitrogen and oxygen atoms in total.